The van der Waals surface area contributed by atoms with Crippen molar-refractivity contribution < 1.29 is 9.72 Å². The van der Waals surface area contributed by atoms with Crippen molar-refractivity contribution in [3.8, 4) is 0 Å². The van der Waals surface area contributed by atoms with Gasteiger partial charge in [-0.1, -0.05) is 19.8 Å². The van der Waals surface area contributed by atoms with Crippen LogP contribution in [0, 0.1) is 16.0 Å². The highest BCUT2D eigenvalue weighted by molar-refractivity contribution is 7.80. The highest BCUT2D eigenvalue weighted by Crippen LogP contribution is 2.23. The predicted octanol–water partition coefficient (Wildman–Crippen LogP) is 2.28. The van der Waals surface area contributed by atoms with E-state index in [9.17, 15) is 14.9 Å². The number of nitro groups is 1. The van der Waals surface area contributed by atoms with Crippen LogP contribution in [-0.2, 0) is 0 Å². The second kappa shape index (κ2) is 7.87. The topological polar surface area (TPSA) is 96.3 Å². The van der Waals surface area contributed by atoms with Crippen LogP contribution < -0.4 is 16.2 Å². The van der Waals surface area contributed by atoms with E-state index in [1.165, 1.54) is 43.5 Å². The first-order chi connectivity index (χ1) is 11.0. The summed E-state index contributed by atoms with van der Waals surface area (Å²) < 4.78 is 0. The van der Waals surface area contributed by atoms with Gasteiger partial charge in [0.25, 0.3) is 11.6 Å². The molecule has 0 bridgehead atoms. The summed E-state index contributed by atoms with van der Waals surface area (Å²) in [6.07, 6.45) is 4.67. The zero-order valence-corrected chi connectivity index (χ0v) is 13.7. The molecule has 1 aliphatic carbocycles. The highest BCUT2D eigenvalue weighted by atomic mass is 32.1. The molecule has 1 aromatic rings. The lowest BCUT2D eigenvalue weighted by Crippen LogP contribution is -2.51. The van der Waals surface area contributed by atoms with Crippen LogP contribution in [0.3, 0.4) is 0 Å². The van der Waals surface area contributed by atoms with Gasteiger partial charge in [0.05, 0.1) is 4.92 Å². The van der Waals surface area contributed by atoms with E-state index in [1.54, 1.807) is 0 Å². The van der Waals surface area contributed by atoms with Crippen LogP contribution >= 0.6 is 12.2 Å². The van der Waals surface area contributed by atoms with Crippen molar-refractivity contribution in [1.29, 1.82) is 0 Å². The summed E-state index contributed by atoms with van der Waals surface area (Å²) in [7, 11) is 0. The van der Waals surface area contributed by atoms with Crippen LogP contribution in [0.5, 0.6) is 0 Å². The zero-order valence-electron chi connectivity index (χ0n) is 12.9. The number of nitro benzene ring substituents is 1. The Labute approximate surface area is 140 Å². The molecule has 7 nitrogen and oxygen atoms in total. The van der Waals surface area contributed by atoms with Gasteiger partial charge in [-0.2, -0.15) is 0 Å². The molecule has 0 aromatic heterocycles. The van der Waals surface area contributed by atoms with Crippen LogP contribution in [-0.4, -0.2) is 22.0 Å². The van der Waals surface area contributed by atoms with E-state index in [0.29, 0.717) is 22.6 Å². The number of nitrogens with zero attached hydrogens (tertiary/aromatic N) is 1. The summed E-state index contributed by atoms with van der Waals surface area (Å²) in [4.78, 5) is 22.0. The number of carbonyl (C=O) groups excluding carboxylic acids is 1. The molecule has 0 heterocycles. The number of hydrogen-bond donors (Lipinski definition) is 3. The maximum atomic E-state index is 12.0. The van der Waals surface area contributed by atoms with Crippen LogP contribution in [0.2, 0.25) is 0 Å². The van der Waals surface area contributed by atoms with E-state index >= 15 is 0 Å². The van der Waals surface area contributed by atoms with Crippen molar-refractivity contribution >= 4 is 28.9 Å². The van der Waals surface area contributed by atoms with Gasteiger partial charge in [0.15, 0.2) is 5.11 Å². The van der Waals surface area contributed by atoms with Crippen molar-refractivity contribution in [2.24, 2.45) is 5.92 Å². The molecule has 1 saturated carbocycles. The maximum absolute atomic E-state index is 12.0. The average Bonchev–Trinajstić information content (AvgIpc) is 2.55. The van der Waals surface area contributed by atoms with Gasteiger partial charge in [-0.15, -0.1) is 0 Å². The summed E-state index contributed by atoms with van der Waals surface area (Å²) >= 11 is 5.18. The molecule has 0 unspecified atom stereocenters. The maximum Gasteiger partial charge on any atom is 0.269 e. The van der Waals surface area contributed by atoms with Gasteiger partial charge in [0.1, 0.15) is 0 Å². The number of carbonyl (C=O) groups is 1. The van der Waals surface area contributed by atoms with Crippen molar-refractivity contribution in [3.05, 3.63) is 39.9 Å². The number of hydrogen-bond acceptors (Lipinski definition) is 4. The van der Waals surface area contributed by atoms with E-state index in [1.807, 2.05) is 0 Å². The third kappa shape index (κ3) is 4.88. The largest absolute Gasteiger partial charge is 0.358 e. The minimum absolute atomic E-state index is 0.0574. The average molecular weight is 336 g/mol. The lowest BCUT2D eigenvalue weighted by Gasteiger charge is -2.30. The minimum atomic E-state index is -0.510. The zero-order chi connectivity index (χ0) is 16.8. The van der Waals surface area contributed by atoms with Gasteiger partial charge in [-0.3, -0.25) is 25.8 Å². The molecule has 0 saturated heterocycles. The molecule has 1 fully saturated rings. The summed E-state index contributed by atoms with van der Waals surface area (Å²) in [6, 6.07) is 5.69. The Bertz CT molecular complexity index is 591. The Morgan fingerprint density at radius 3 is 2.48 bits per heavy atom. The number of thiocarbonyl (C=S) groups is 1. The molecule has 8 heteroatoms. The molecule has 0 aliphatic heterocycles. The lowest BCUT2D eigenvalue weighted by atomic mass is 9.86. The van der Waals surface area contributed by atoms with Crippen LogP contribution in [0.4, 0.5) is 5.69 Å². The standard InChI is InChI=1S/C15H20N4O3S/c1-10-4-2-3-5-13(10)16-15(23)18-17-14(20)11-6-8-12(9-7-11)19(21)22/h6-10,13H,2-5H2,1H3,(H,17,20)(H2,16,18,23)/t10-,13+/m1/s1. The van der Waals surface area contributed by atoms with Crippen molar-refractivity contribution in [3.63, 3.8) is 0 Å². The Balaban J connectivity index is 1.81. The monoisotopic (exact) mass is 336 g/mol. The number of amides is 1. The molecule has 2 atom stereocenters. The fourth-order valence-electron chi connectivity index (χ4n) is 2.66. The van der Waals surface area contributed by atoms with Gasteiger partial charge in [-0.25, -0.2) is 0 Å². The number of hydrazine groups is 1. The molecular formula is C15H20N4O3S. The first kappa shape index (κ1) is 17.1. The highest BCUT2D eigenvalue weighted by Gasteiger charge is 2.21. The number of rotatable bonds is 3. The Kier molecular flexibility index (Phi) is 5.86. The molecule has 1 aromatic carbocycles. The van der Waals surface area contributed by atoms with Gasteiger partial charge in [0.2, 0.25) is 0 Å². The third-order valence-corrected chi connectivity index (χ3v) is 4.28. The smallest absolute Gasteiger partial charge is 0.269 e. The first-order valence-electron chi connectivity index (χ1n) is 7.58. The third-order valence-electron chi connectivity index (χ3n) is 4.06. The normalized spacial score (nSPS) is 20.4. The van der Waals surface area contributed by atoms with Crippen LogP contribution in [0.15, 0.2) is 24.3 Å². The van der Waals surface area contributed by atoms with Crippen molar-refractivity contribution in [2.75, 3.05) is 0 Å². The Morgan fingerprint density at radius 2 is 1.87 bits per heavy atom. The predicted molar refractivity (Wildman–Crippen MR) is 90.9 cm³/mol. The van der Waals surface area contributed by atoms with E-state index in [0.717, 1.165) is 6.42 Å². The summed E-state index contributed by atoms with van der Waals surface area (Å²) in [5.41, 5.74) is 5.42. The van der Waals surface area contributed by atoms with Crippen LogP contribution in [0.1, 0.15) is 43.0 Å². The van der Waals surface area contributed by atoms with Gasteiger partial charge in [0, 0.05) is 23.7 Å². The fraction of sp³-hybridized carbons (Fsp3) is 0.467. The summed E-state index contributed by atoms with van der Waals surface area (Å²) in [6.45, 7) is 2.19. The molecule has 0 radical (unpaired) electrons. The lowest BCUT2D eigenvalue weighted by molar-refractivity contribution is -0.384. The second-order valence-corrected chi connectivity index (χ2v) is 6.13. The number of nitrogens with one attached hydrogen (secondary N) is 3. The van der Waals surface area contributed by atoms with Gasteiger partial charge >= 0.3 is 0 Å². The van der Waals surface area contributed by atoms with Crippen molar-refractivity contribution in [1.82, 2.24) is 16.2 Å². The van der Waals surface area contributed by atoms with E-state index in [4.69, 9.17) is 12.2 Å². The molecule has 3 N–H and O–H groups in total. The molecule has 23 heavy (non-hydrogen) atoms. The molecule has 124 valence electrons. The van der Waals surface area contributed by atoms with Crippen LogP contribution in [0.25, 0.3) is 0 Å². The number of benzene rings is 1. The minimum Gasteiger partial charge on any atom is -0.358 e. The van der Waals surface area contributed by atoms with Gasteiger partial charge in [-0.05, 0) is 43.1 Å². The molecule has 1 amide bonds. The summed E-state index contributed by atoms with van der Waals surface area (Å²) in [5, 5.41) is 14.2. The van der Waals surface area contributed by atoms with E-state index in [-0.39, 0.29) is 5.69 Å². The molecule has 2 rings (SSSR count). The second-order valence-electron chi connectivity index (χ2n) is 5.72. The SMILES string of the molecule is C[C@@H]1CCCC[C@@H]1NC(=S)NNC(=O)c1ccc([N+](=O)[O-])cc1. The Hall–Kier alpha value is -2.22. The molecule has 1 aliphatic rings. The quantitative estimate of drug-likeness (QED) is 0.445. The first-order valence-corrected chi connectivity index (χ1v) is 7.99. The number of non-ortho nitro benzene ring substituents is 1. The fourth-order valence-corrected chi connectivity index (χ4v) is 2.86. The van der Waals surface area contributed by atoms with E-state index in [2.05, 4.69) is 23.1 Å². The Morgan fingerprint density at radius 1 is 1.22 bits per heavy atom. The summed E-state index contributed by atoms with van der Waals surface area (Å²) in [5.74, 6) is 0.148. The van der Waals surface area contributed by atoms with Gasteiger partial charge < -0.3 is 5.32 Å². The molecular weight excluding hydrogens is 316 g/mol. The van der Waals surface area contributed by atoms with Crippen molar-refractivity contribution in [2.45, 2.75) is 38.6 Å². The van der Waals surface area contributed by atoms with E-state index < -0.39 is 10.8 Å². The molecule has 0 spiro atoms.